The molecule has 0 aromatic heterocycles. The summed E-state index contributed by atoms with van der Waals surface area (Å²) in [4.78, 5) is 13.8. The maximum absolute atomic E-state index is 11.2. The van der Waals surface area contributed by atoms with Crippen LogP contribution in [0.25, 0.3) is 0 Å². The van der Waals surface area contributed by atoms with Crippen molar-refractivity contribution >= 4 is 5.78 Å². The van der Waals surface area contributed by atoms with Gasteiger partial charge in [-0.05, 0) is 39.7 Å². The fourth-order valence-corrected chi connectivity index (χ4v) is 2.74. The van der Waals surface area contributed by atoms with Crippen molar-refractivity contribution < 1.29 is 4.79 Å². The molecule has 0 amide bonds. The fourth-order valence-electron chi connectivity index (χ4n) is 2.74. The molecule has 1 aliphatic heterocycles. The minimum absolute atomic E-state index is 0.343. The lowest BCUT2D eigenvalue weighted by molar-refractivity contribution is -0.118. The van der Waals surface area contributed by atoms with Crippen LogP contribution >= 0.6 is 0 Å². The quantitative estimate of drug-likeness (QED) is 0.696. The van der Waals surface area contributed by atoms with Crippen molar-refractivity contribution in [1.29, 1.82) is 0 Å². The number of carbonyl (C=O) groups is 1. The molecule has 0 aromatic carbocycles. The predicted octanol–water partition coefficient (Wildman–Crippen LogP) is 3.01. The minimum atomic E-state index is 0.343. The smallest absolute Gasteiger partial charge is 0.131 e. The van der Waals surface area contributed by atoms with Crippen molar-refractivity contribution in [2.75, 3.05) is 6.54 Å². The minimum Gasteiger partial charge on any atom is -0.300 e. The highest BCUT2D eigenvalue weighted by Crippen LogP contribution is 2.23. The molecule has 2 nitrogen and oxygen atoms in total. The van der Waals surface area contributed by atoms with Crippen LogP contribution in [0.4, 0.5) is 0 Å². The Morgan fingerprint density at radius 2 is 2.20 bits per heavy atom. The molecule has 0 saturated carbocycles. The molecule has 1 fully saturated rings. The maximum atomic E-state index is 11.2. The lowest BCUT2D eigenvalue weighted by atomic mass is 9.95. The monoisotopic (exact) mass is 211 g/mol. The molecular formula is C13H25NO. The summed E-state index contributed by atoms with van der Waals surface area (Å²) in [5.74, 6) is 0.343. The Balaban J connectivity index is 2.52. The van der Waals surface area contributed by atoms with E-state index >= 15 is 0 Å². The van der Waals surface area contributed by atoms with E-state index in [0.29, 0.717) is 17.9 Å². The summed E-state index contributed by atoms with van der Waals surface area (Å²) >= 11 is 0. The summed E-state index contributed by atoms with van der Waals surface area (Å²) in [6.07, 6.45) is 7.08. The van der Waals surface area contributed by atoms with Crippen LogP contribution in [0.2, 0.25) is 0 Å². The number of Topliss-reactive ketones (excluding diaryl/α,β-unsaturated/α-hetero) is 1. The summed E-state index contributed by atoms with van der Waals surface area (Å²) < 4.78 is 0. The largest absolute Gasteiger partial charge is 0.300 e. The number of piperidine rings is 1. The van der Waals surface area contributed by atoms with Crippen LogP contribution in [0.1, 0.15) is 59.3 Å². The number of hydrogen-bond acceptors (Lipinski definition) is 2. The van der Waals surface area contributed by atoms with E-state index in [1.807, 2.05) is 0 Å². The topological polar surface area (TPSA) is 20.3 Å². The Kier molecular flexibility index (Phi) is 5.30. The van der Waals surface area contributed by atoms with Gasteiger partial charge in [0.2, 0.25) is 0 Å². The first-order chi connectivity index (χ1) is 7.15. The van der Waals surface area contributed by atoms with Gasteiger partial charge in [-0.1, -0.05) is 19.8 Å². The van der Waals surface area contributed by atoms with Crippen LogP contribution in [-0.2, 0) is 4.79 Å². The number of carbonyl (C=O) groups excluding carboxylic acids is 1. The van der Waals surface area contributed by atoms with E-state index in [1.165, 1.54) is 38.6 Å². The van der Waals surface area contributed by atoms with Gasteiger partial charge in [0.05, 0.1) is 0 Å². The van der Waals surface area contributed by atoms with Gasteiger partial charge >= 0.3 is 0 Å². The normalized spacial score (nSPS) is 25.1. The molecule has 1 heterocycles. The third-order valence-corrected chi connectivity index (χ3v) is 3.47. The van der Waals surface area contributed by atoms with E-state index in [1.54, 1.807) is 6.92 Å². The molecule has 0 N–H and O–H groups in total. The van der Waals surface area contributed by atoms with Crippen molar-refractivity contribution in [3.63, 3.8) is 0 Å². The highest BCUT2D eigenvalue weighted by Gasteiger charge is 2.26. The van der Waals surface area contributed by atoms with Gasteiger partial charge in [-0.15, -0.1) is 0 Å². The zero-order chi connectivity index (χ0) is 11.3. The first kappa shape index (κ1) is 12.7. The Morgan fingerprint density at radius 3 is 2.80 bits per heavy atom. The Labute approximate surface area is 94.0 Å². The summed E-state index contributed by atoms with van der Waals surface area (Å²) in [5.41, 5.74) is 0. The van der Waals surface area contributed by atoms with Gasteiger partial charge in [0, 0.05) is 18.5 Å². The van der Waals surface area contributed by atoms with E-state index in [0.717, 1.165) is 6.42 Å². The highest BCUT2D eigenvalue weighted by atomic mass is 16.1. The molecule has 0 bridgehead atoms. The van der Waals surface area contributed by atoms with Gasteiger partial charge in [-0.2, -0.15) is 0 Å². The molecule has 0 radical (unpaired) electrons. The van der Waals surface area contributed by atoms with Crippen molar-refractivity contribution in [1.82, 2.24) is 4.90 Å². The Bertz CT molecular complexity index is 203. The lowest BCUT2D eigenvalue weighted by Crippen LogP contribution is -2.45. The number of likely N-dealkylation sites (tertiary alicyclic amines) is 1. The van der Waals surface area contributed by atoms with Crippen LogP contribution in [0, 0.1) is 0 Å². The highest BCUT2D eigenvalue weighted by molar-refractivity contribution is 5.76. The number of hydrogen-bond donors (Lipinski definition) is 0. The third-order valence-electron chi connectivity index (χ3n) is 3.47. The fraction of sp³-hybridized carbons (Fsp3) is 0.923. The van der Waals surface area contributed by atoms with Gasteiger partial charge in [0.1, 0.15) is 5.78 Å². The van der Waals surface area contributed by atoms with Crippen molar-refractivity contribution in [2.45, 2.75) is 71.4 Å². The molecule has 1 rings (SSSR count). The standard InChI is InChI=1S/C13H25NO/c1-4-7-11(2)14-9-6-5-8-13(14)10-12(3)15/h11,13H,4-10H2,1-3H3. The zero-order valence-corrected chi connectivity index (χ0v) is 10.5. The number of rotatable bonds is 5. The van der Waals surface area contributed by atoms with Crippen molar-refractivity contribution in [3.8, 4) is 0 Å². The molecule has 0 aromatic rings. The summed E-state index contributed by atoms with van der Waals surface area (Å²) in [5, 5.41) is 0. The first-order valence-corrected chi connectivity index (χ1v) is 6.40. The Hall–Kier alpha value is -0.370. The van der Waals surface area contributed by atoms with Crippen LogP contribution in [-0.4, -0.2) is 29.3 Å². The van der Waals surface area contributed by atoms with Crippen LogP contribution < -0.4 is 0 Å². The van der Waals surface area contributed by atoms with Gasteiger partial charge < -0.3 is 0 Å². The third kappa shape index (κ3) is 3.94. The predicted molar refractivity (Wildman–Crippen MR) is 64.0 cm³/mol. The molecule has 0 aliphatic carbocycles. The summed E-state index contributed by atoms with van der Waals surface area (Å²) in [6.45, 7) is 7.46. The average Bonchev–Trinajstić information content (AvgIpc) is 2.18. The second-order valence-corrected chi connectivity index (χ2v) is 4.93. The second kappa shape index (κ2) is 6.26. The van der Waals surface area contributed by atoms with Crippen LogP contribution in [0.3, 0.4) is 0 Å². The lowest BCUT2D eigenvalue weighted by Gasteiger charge is -2.39. The van der Waals surface area contributed by atoms with E-state index < -0.39 is 0 Å². The number of nitrogens with zero attached hydrogens (tertiary/aromatic N) is 1. The van der Waals surface area contributed by atoms with Crippen molar-refractivity contribution in [2.24, 2.45) is 0 Å². The molecule has 1 saturated heterocycles. The van der Waals surface area contributed by atoms with Gasteiger partial charge in [-0.3, -0.25) is 9.69 Å². The molecule has 0 spiro atoms. The van der Waals surface area contributed by atoms with Crippen LogP contribution in [0.5, 0.6) is 0 Å². The SMILES string of the molecule is CCCC(C)N1CCCCC1CC(C)=O. The van der Waals surface area contributed by atoms with Gasteiger partial charge in [0.25, 0.3) is 0 Å². The molecule has 15 heavy (non-hydrogen) atoms. The molecular weight excluding hydrogens is 186 g/mol. The average molecular weight is 211 g/mol. The van der Waals surface area contributed by atoms with E-state index in [4.69, 9.17) is 0 Å². The first-order valence-electron chi connectivity index (χ1n) is 6.40. The number of ketones is 1. The molecule has 2 unspecified atom stereocenters. The molecule has 2 heteroatoms. The van der Waals surface area contributed by atoms with Crippen molar-refractivity contribution in [3.05, 3.63) is 0 Å². The zero-order valence-electron chi connectivity index (χ0n) is 10.5. The van der Waals surface area contributed by atoms with E-state index in [2.05, 4.69) is 18.7 Å². The molecule has 2 atom stereocenters. The maximum Gasteiger partial charge on any atom is 0.131 e. The van der Waals surface area contributed by atoms with E-state index in [-0.39, 0.29) is 0 Å². The summed E-state index contributed by atoms with van der Waals surface area (Å²) in [6, 6.07) is 1.18. The molecule has 88 valence electrons. The second-order valence-electron chi connectivity index (χ2n) is 4.93. The van der Waals surface area contributed by atoms with Crippen LogP contribution in [0.15, 0.2) is 0 Å². The van der Waals surface area contributed by atoms with E-state index in [9.17, 15) is 4.79 Å². The molecule has 1 aliphatic rings. The Morgan fingerprint density at radius 1 is 1.47 bits per heavy atom. The van der Waals surface area contributed by atoms with Gasteiger partial charge in [-0.25, -0.2) is 0 Å². The van der Waals surface area contributed by atoms with Gasteiger partial charge in [0.15, 0.2) is 0 Å². The summed E-state index contributed by atoms with van der Waals surface area (Å²) in [7, 11) is 0.